The standard InChI is InChI=1S/C30H32O9/c1-5-30(18-37-27(31)21-12-8-6-9-13-21,19-38-28(32)22-14-10-7-11-15-22)20-39-29(33)23-16-24(34-2)26(36-4)25(17-23)35-3/h6-17H,5,18-20H2,1-4H3. The molecule has 0 N–H and O–H groups in total. The fourth-order valence-electron chi connectivity index (χ4n) is 3.68. The highest BCUT2D eigenvalue weighted by atomic mass is 16.6. The van der Waals surface area contributed by atoms with E-state index < -0.39 is 23.3 Å². The van der Waals surface area contributed by atoms with Crippen LogP contribution in [0, 0.1) is 5.41 Å². The predicted molar refractivity (Wildman–Crippen MR) is 143 cm³/mol. The van der Waals surface area contributed by atoms with E-state index in [0.717, 1.165) is 0 Å². The zero-order valence-corrected chi connectivity index (χ0v) is 22.4. The van der Waals surface area contributed by atoms with E-state index in [2.05, 4.69) is 0 Å². The van der Waals surface area contributed by atoms with Crippen molar-refractivity contribution >= 4 is 17.9 Å². The van der Waals surface area contributed by atoms with Crippen LogP contribution in [0.1, 0.15) is 44.4 Å². The smallest absolute Gasteiger partial charge is 0.338 e. The minimum atomic E-state index is -1.01. The molecular weight excluding hydrogens is 504 g/mol. The molecule has 0 bridgehead atoms. The number of hydrogen-bond donors (Lipinski definition) is 0. The Labute approximate surface area is 227 Å². The topological polar surface area (TPSA) is 107 Å². The number of rotatable bonds is 13. The molecule has 0 heterocycles. The van der Waals surface area contributed by atoms with Crippen LogP contribution in [-0.2, 0) is 14.2 Å². The number of carbonyl (C=O) groups is 3. The molecule has 0 aliphatic rings. The second-order valence-electron chi connectivity index (χ2n) is 8.73. The third-order valence-corrected chi connectivity index (χ3v) is 6.20. The highest BCUT2D eigenvalue weighted by molar-refractivity contribution is 5.91. The summed E-state index contributed by atoms with van der Waals surface area (Å²) in [6, 6.07) is 20.0. The van der Waals surface area contributed by atoms with Crippen molar-refractivity contribution in [2.45, 2.75) is 13.3 Å². The van der Waals surface area contributed by atoms with Gasteiger partial charge in [-0.15, -0.1) is 0 Å². The lowest BCUT2D eigenvalue weighted by Crippen LogP contribution is -2.39. The van der Waals surface area contributed by atoms with Gasteiger partial charge in [0.05, 0.1) is 43.4 Å². The number of hydrogen-bond acceptors (Lipinski definition) is 9. The Morgan fingerprint density at radius 3 is 1.31 bits per heavy atom. The minimum absolute atomic E-state index is 0.151. The molecule has 3 aromatic carbocycles. The summed E-state index contributed by atoms with van der Waals surface area (Å²) < 4.78 is 32.8. The summed E-state index contributed by atoms with van der Waals surface area (Å²) >= 11 is 0. The van der Waals surface area contributed by atoms with E-state index in [1.165, 1.54) is 33.5 Å². The van der Waals surface area contributed by atoms with Crippen LogP contribution in [0.2, 0.25) is 0 Å². The summed E-state index contributed by atoms with van der Waals surface area (Å²) in [6.07, 6.45) is 0.375. The molecule has 0 spiro atoms. The van der Waals surface area contributed by atoms with E-state index in [4.69, 9.17) is 28.4 Å². The van der Waals surface area contributed by atoms with Gasteiger partial charge < -0.3 is 28.4 Å². The van der Waals surface area contributed by atoms with E-state index in [1.807, 2.05) is 6.92 Å². The van der Waals surface area contributed by atoms with Gasteiger partial charge in [-0.05, 0) is 42.8 Å². The van der Waals surface area contributed by atoms with Gasteiger partial charge in [0.1, 0.15) is 19.8 Å². The third kappa shape index (κ3) is 7.50. The first-order chi connectivity index (χ1) is 18.9. The van der Waals surface area contributed by atoms with Crippen LogP contribution >= 0.6 is 0 Å². The van der Waals surface area contributed by atoms with Crippen molar-refractivity contribution in [2.24, 2.45) is 5.41 Å². The minimum Gasteiger partial charge on any atom is -0.493 e. The number of methoxy groups -OCH3 is 3. The molecule has 0 atom stereocenters. The molecule has 9 nitrogen and oxygen atoms in total. The second kappa shape index (κ2) is 13.9. The van der Waals surface area contributed by atoms with Gasteiger partial charge in [-0.3, -0.25) is 0 Å². The highest BCUT2D eigenvalue weighted by Crippen LogP contribution is 2.38. The quantitative estimate of drug-likeness (QED) is 0.221. The van der Waals surface area contributed by atoms with Crippen LogP contribution < -0.4 is 14.2 Å². The van der Waals surface area contributed by atoms with Gasteiger partial charge >= 0.3 is 17.9 Å². The Morgan fingerprint density at radius 1 is 0.590 bits per heavy atom. The van der Waals surface area contributed by atoms with Crippen LogP contribution in [-0.4, -0.2) is 59.1 Å². The molecule has 0 aromatic heterocycles. The molecule has 0 amide bonds. The molecule has 3 aromatic rings. The van der Waals surface area contributed by atoms with Crippen LogP contribution in [0.15, 0.2) is 72.8 Å². The number of esters is 3. The third-order valence-electron chi connectivity index (χ3n) is 6.20. The summed E-state index contributed by atoms with van der Waals surface area (Å²) in [7, 11) is 4.34. The van der Waals surface area contributed by atoms with E-state index >= 15 is 0 Å². The monoisotopic (exact) mass is 536 g/mol. The molecule has 0 saturated carbocycles. The van der Waals surface area contributed by atoms with Crippen molar-refractivity contribution in [3.05, 3.63) is 89.5 Å². The zero-order valence-electron chi connectivity index (χ0n) is 22.4. The average molecular weight is 537 g/mol. The van der Waals surface area contributed by atoms with Crippen LogP contribution in [0.4, 0.5) is 0 Å². The van der Waals surface area contributed by atoms with Crippen molar-refractivity contribution in [1.82, 2.24) is 0 Å². The molecule has 0 radical (unpaired) electrons. The largest absolute Gasteiger partial charge is 0.493 e. The highest BCUT2D eigenvalue weighted by Gasteiger charge is 2.35. The summed E-state index contributed by atoms with van der Waals surface area (Å²) in [4.78, 5) is 38.4. The normalized spacial score (nSPS) is 10.8. The lowest BCUT2D eigenvalue weighted by atomic mass is 9.88. The maximum absolute atomic E-state index is 13.1. The Bertz CT molecular complexity index is 1180. The van der Waals surface area contributed by atoms with Gasteiger partial charge in [-0.1, -0.05) is 43.3 Å². The van der Waals surface area contributed by atoms with Crippen molar-refractivity contribution in [3.63, 3.8) is 0 Å². The van der Waals surface area contributed by atoms with Gasteiger partial charge in [0.25, 0.3) is 0 Å². The first-order valence-electron chi connectivity index (χ1n) is 12.3. The van der Waals surface area contributed by atoms with E-state index in [9.17, 15) is 14.4 Å². The van der Waals surface area contributed by atoms with Gasteiger partial charge in [-0.25, -0.2) is 14.4 Å². The average Bonchev–Trinajstić information content (AvgIpc) is 3.00. The van der Waals surface area contributed by atoms with Crippen molar-refractivity contribution in [3.8, 4) is 17.2 Å². The van der Waals surface area contributed by atoms with Gasteiger partial charge in [0.2, 0.25) is 5.75 Å². The van der Waals surface area contributed by atoms with E-state index in [-0.39, 0.29) is 25.4 Å². The Kier molecular flexibility index (Phi) is 10.3. The van der Waals surface area contributed by atoms with E-state index in [1.54, 1.807) is 60.7 Å². The fourth-order valence-corrected chi connectivity index (χ4v) is 3.68. The lowest BCUT2D eigenvalue weighted by molar-refractivity contribution is -0.0381. The predicted octanol–water partition coefficient (Wildman–Crippen LogP) is 4.98. The molecule has 3 rings (SSSR count). The first kappa shape index (κ1) is 29.0. The molecular formula is C30H32O9. The van der Waals surface area contributed by atoms with E-state index in [0.29, 0.717) is 34.8 Å². The molecule has 0 aliphatic heterocycles. The summed E-state index contributed by atoms with van der Waals surface area (Å²) in [5.41, 5.74) is -0.0981. The van der Waals surface area contributed by atoms with Crippen molar-refractivity contribution in [2.75, 3.05) is 41.2 Å². The number of ether oxygens (including phenoxy) is 6. The maximum Gasteiger partial charge on any atom is 0.338 e. The van der Waals surface area contributed by atoms with Gasteiger partial charge in [0.15, 0.2) is 11.5 Å². The molecule has 0 fully saturated rings. The summed E-state index contributed by atoms with van der Waals surface area (Å²) in [5.74, 6) is -0.841. The van der Waals surface area contributed by atoms with Crippen LogP contribution in [0.3, 0.4) is 0 Å². The number of benzene rings is 3. The zero-order chi connectivity index (χ0) is 28.3. The Balaban J connectivity index is 1.80. The lowest BCUT2D eigenvalue weighted by Gasteiger charge is -2.31. The van der Waals surface area contributed by atoms with Gasteiger partial charge in [-0.2, -0.15) is 0 Å². The molecule has 206 valence electrons. The molecule has 0 unspecified atom stereocenters. The molecule has 0 saturated heterocycles. The SMILES string of the molecule is CCC(COC(=O)c1ccccc1)(COC(=O)c1ccccc1)COC(=O)c1cc(OC)c(OC)c(OC)c1. The summed E-state index contributed by atoms with van der Waals surface area (Å²) in [5, 5.41) is 0. The van der Waals surface area contributed by atoms with Crippen LogP contribution in [0.5, 0.6) is 17.2 Å². The molecule has 0 aliphatic carbocycles. The summed E-state index contributed by atoms with van der Waals surface area (Å²) in [6.45, 7) is 1.34. The maximum atomic E-state index is 13.1. The van der Waals surface area contributed by atoms with Crippen molar-refractivity contribution in [1.29, 1.82) is 0 Å². The van der Waals surface area contributed by atoms with Gasteiger partial charge in [0, 0.05) is 0 Å². The first-order valence-corrected chi connectivity index (χ1v) is 12.3. The fraction of sp³-hybridized carbons (Fsp3) is 0.300. The van der Waals surface area contributed by atoms with Crippen LogP contribution in [0.25, 0.3) is 0 Å². The van der Waals surface area contributed by atoms with Crippen molar-refractivity contribution < 1.29 is 42.8 Å². The molecule has 39 heavy (non-hydrogen) atoms. The second-order valence-corrected chi connectivity index (χ2v) is 8.73. The molecule has 9 heteroatoms. The number of carbonyl (C=O) groups excluding carboxylic acids is 3. The Morgan fingerprint density at radius 2 is 0.974 bits per heavy atom. The Hall–Kier alpha value is -4.53.